The Kier molecular flexibility index (Phi) is 5.66. The minimum absolute atomic E-state index is 0.374. The molecule has 1 aromatic rings. The lowest BCUT2D eigenvalue weighted by Gasteiger charge is -2.24. The van der Waals surface area contributed by atoms with Gasteiger partial charge in [0.1, 0.15) is 0 Å². The summed E-state index contributed by atoms with van der Waals surface area (Å²) < 4.78 is 0. The molecule has 0 bridgehead atoms. The zero-order valence-corrected chi connectivity index (χ0v) is 11.5. The van der Waals surface area contributed by atoms with Crippen LogP contribution in [0.4, 0.5) is 0 Å². The van der Waals surface area contributed by atoms with Crippen molar-refractivity contribution in [3.63, 3.8) is 0 Å². The molecular weight excluding hydrogens is 210 g/mol. The molecule has 0 spiro atoms. The first-order valence-electron chi connectivity index (χ1n) is 6.56. The number of aryl methyl sites for hydroxylation is 2. The highest BCUT2D eigenvalue weighted by atomic mass is 16.3. The highest BCUT2D eigenvalue weighted by Gasteiger charge is 2.13. The SMILES string of the molecule is CCCN(CC)CC(O)c1cc(C)ccc1C. The highest BCUT2D eigenvalue weighted by Crippen LogP contribution is 2.20. The summed E-state index contributed by atoms with van der Waals surface area (Å²) in [5.41, 5.74) is 3.46. The van der Waals surface area contributed by atoms with Crippen LogP contribution >= 0.6 is 0 Å². The Bertz CT molecular complexity index is 349. The van der Waals surface area contributed by atoms with Gasteiger partial charge in [0.05, 0.1) is 6.10 Å². The maximum atomic E-state index is 10.3. The van der Waals surface area contributed by atoms with Gasteiger partial charge in [-0.25, -0.2) is 0 Å². The van der Waals surface area contributed by atoms with Crippen LogP contribution in [0.3, 0.4) is 0 Å². The summed E-state index contributed by atoms with van der Waals surface area (Å²) in [6.45, 7) is 11.2. The van der Waals surface area contributed by atoms with Crippen molar-refractivity contribution >= 4 is 0 Å². The number of nitrogens with zero attached hydrogens (tertiary/aromatic N) is 1. The third-order valence-corrected chi connectivity index (χ3v) is 3.21. The number of likely N-dealkylation sites (N-methyl/N-ethyl adjacent to an activating group) is 1. The molecule has 0 saturated heterocycles. The number of aliphatic hydroxyl groups is 1. The van der Waals surface area contributed by atoms with Gasteiger partial charge in [0.25, 0.3) is 0 Å². The van der Waals surface area contributed by atoms with E-state index in [0.717, 1.165) is 31.6 Å². The minimum atomic E-state index is -0.374. The van der Waals surface area contributed by atoms with Crippen molar-refractivity contribution in [2.24, 2.45) is 0 Å². The zero-order valence-electron chi connectivity index (χ0n) is 11.5. The van der Waals surface area contributed by atoms with Crippen molar-refractivity contribution in [2.75, 3.05) is 19.6 Å². The Hall–Kier alpha value is -0.860. The summed E-state index contributed by atoms with van der Waals surface area (Å²) in [4.78, 5) is 2.30. The number of rotatable bonds is 6. The van der Waals surface area contributed by atoms with Crippen LogP contribution in [0.25, 0.3) is 0 Å². The van der Waals surface area contributed by atoms with Crippen molar-refractivity contribution in [1.82, 2.24) is 4.90 Å². The average Bonchev–Trinajstić information content (AvgIpc) is 2.31. The Morgan fingerprint density at radius 3 is 2.53 bits per heavy atom. The fourth-order valence-electron chi connectivity index (χ4n) is 2.16. The molecule has 0 heterocycles. The molecule has 0 aromatic heterocycles. The lowest BCUT2D eigenvalue weighted by molar-refractivity contribution is 0.115. The van der Waals surface area contributed by atoms with Gasteiger partial charge in [0.2, 0.25) is 0 Å². The summed E-state index contributed by atoms with van der Waals surface area (Å²) in [6, 6.07) is 6.28. The normalized spacial score (nSPS) is 13.1. The van der Waals surface area contributed by atoms with Crippen LogP contribution in [-0.4, -0.2) is 29.6 Å². The molecule has 1 atom stereocenters. The second-order valence-corrected chi connectivity index (χ2v) is 4.77. The van der Waals surface area contributed by atoms with Gasteiger partial charge < -0.3 is 10.0 Å². The molecule has 0 aliphatic heterocycles. The van der Waals surface area contributed by atoms with Crippen LogP contribution in [0.2, 0.25) is 0 Å². The molecule has 1 N–H and O–H groups in total. The fourth-order valence-corrected chi connectivity index (χ4v) is 2.16. The van der Waals surface area contributed by atoms with Crippen LogP contribution in [0.1, 0.15) is 43.1 Å². The van der Waals surface area contributed by atoms with Crippen LogP contribution in [0.15, 0.2) is 18.2 Å². The van der Waals surface area contributed by atoms with E-state index in [0.29, 0.717) is 0 Å². The van der Waals surface area contributed by atoms with E-state index in [1.165, 1.54) is 11.1 Å². The molecule has 17 heavy (non-hydrogen) atoms. The van der Waals surface area contributed by atoms with E-state index < -0.39 is 0 Å². The Balaban J connectivity index is 2.74. The van der Waals surface area contributed by atoms with E-state index in [2.05, 4.69) is 50.8 Å². The molecule has 1 unspecified atom stereocenters. The maximum absolute atomic E-state index is 10.3. The first kappa shape index (κ1) is 14.2. The van der Waals surface area contributed by atoms with E-state index in [1.54, 1.807) is 0 Å². The van der Waals surface area contributed by atoms with E-state index >= 15 is 0 Å². The summed E-state index contributed by atoms with van der Waals surface area (Å²) >= 11 is 0. The van der Waals surface area contributed by atoms with Gasteiger partial charge in [-0.15, -0.1) is 0 Å². The second kappa shape index (κ2) is 6.77. The van der Waals surface area contributed by atoms with Gasteiger partial charge in [-0.05, 0) is 44.5 Å². The van der Waals surface area contributed by atoms with E-state index in [1.807, 2.05) is 0 Å². The Labute approximate surface area is 105 Å². The van der Waals surface area contributed by atoms with Crippen LogP contribution < -0.4 is 0 Å². The van der Waals surface area contributed by atoms with Gasteiger partial charge in [-0.1, -0.05) is 37.6 Å². The third kappa shape index (κ3) is 4.14. The van der Waals surface area contributed by atoms with Crippen molar-refractivity contribution in [2.45, 2.75) is 40.2 Å². The van der Waals surface area contributed by atoms with Crippen LogP contribution in [-0.2, 0) is 0 Å². The third-order valence-electron chi connectivity index (χ3n) is 3.21. The van der Waals surface area contributed by atoms with Gasteiger partial charge in [-0.2, -0.15) is 0 Å². The molecule has 0 fully saturated rings. The summed E-state index contributed by atoms with van der Waals surface area (Å²) in [7, 11) is 0. The van der Waals surface area contributed by atoms with Crippen LogP contribution in [0.5, 0.6) is 0 Å². The van der Waals surface area contributed by atoms with E-state index in [9.17, 15) is 5.11 Å². The standard InChI is InChI=1S/C15H25NO/c1-5-9-16(6-2)11-15(17)14-10-12(3)7-8-13(14)4/h7-8,10,15,17H,5-6,9,11H2,1-4H3. The molecule has 0 aliphatic carbocycles. The molecule has 2 nitrogen and oxygen atoms in total. The van der Waals surface area contributed by atoms with Gasteiger partial charge in [-0.3, -0.25) is 0 Å². The van der Waals surface area contributed by atoms with Gasteiger partial charge >= 0.3 is 0 Å². The monoisotopic (exact) mass is 235 g/mol. The minimum Gasteiger partial charge on any atom is -0.387 e. The fraction of sp³-hybridized carbons (Fsp3) is 0.600. The number of benzene rings is 1. The lowest BCUT2D eigenvalue weighted by atomic mass is 10.0. The van der Waals surface area contributed by atoms with Gasteiger partial charge in [0, 0.05) is 6.54 Å². The summed E-state index contributed by atoms with van der Waals surface area (Å²) in [5, 5.41) is 10.3. The van der Waals surface area contributed by atoms with Gasteiger partial charge in [0.15, 0.2) is 0 Å². The van der Waals surface area contributed by atoms with E-state index in [-0.39, 0.29) is 6.10 Å². The van der Waals surface area contributed by atoms with Crippen molar-refractivity contribution in [1.29, 1.82) is 0 Å². The highest BCUT2D eigenvalue weighted by molar-refractivity contribution is 5.32. The van der Waals surface area contributed by atoms with Crippen LogP contribution in [0, 0.1) is 13.8 Å². The lowest BCUT2D eigenvalue weighted by Crippen LogP contribution is -2.29. The quantitative estimate of drug-likeness (QED) is 0.819. The molecule has 2 heteroatoms. The van der Waals surface area contributed by atoms with E-state index in [4.69, 9.17) is 0 Å². The average molecular weight is 235 g/mol. The molecule has 1 aromatic carbocycles. The maximum Gasteiger partial charge on any atom is 0.0919 e. The second-order valence-electron chi connectivity index (χ2n) is 4.77. The smallest absolute Gasteiger partial charge is 0.0919 e. The molecule has 0 radical (unpaired) electrons. The number of hydrogen-bond donors (Lipinski definition) is 1. The Morgan fingerprint density at radius 1 is 1.24 bits per heavy atom. The van der Waals surface area contributed by atoms with Crippen molar-refractivity contribution in [3.05, 3.63) is 34.9 Å². The summed E-state index contributed by atoms with van der Waals surface area (Å²) in [5.74, 6) is 0. The summed E-state index contributed by atoms with van der Waals surface area (Å²) in [6.07, 6.45) is 0.759. The number of hydrogen-bond acceptors (Lipinski definition) is 2. The molecule has 0 aliphatic rings. The first-order chi connectivity index (χ1) is 8.08. The number of aliphatic hydroxyl groups excluding tert-OH is 1. The predicted octanol–water partition coefficient (Wildman–Crippen LogP) is 3.07. The molecule has 96 valence electrons. The topological polar surface area (TPSA) is 23.5 Å². The first-order valence-corrected chi connectivity index (χ1v) is 6.56. The van der Waals surface area contributed by atoms with Crippen molar-refractivity contribution < 1.29 is 5.11 Å². The molecule has 0 saturated carbocycles. The molecule has 0 amide bonds. The molecular formula is C15H25NO. The molecule has 1 rings (SSSR count). The zero-order chi connectivity index (χ0) is 12.8. The predicted molar refractivity (Wildman–Crippen MR) is 73.3 cm³/mol. The van der Waals surface area contributed by atoms with Crippen molar-refractivity contribution in [3.8, 4) is 0 Å². The largest absolute Gasteiger partial charge is 0.387 e. The Morgan fingerprint density at radius 2 is 1.94 bits per heavy atom.